The van der Waals surface area contributed by atoms with Gasteiger partial charge in [0.25, 0.3) is 0 Å². The first-order valence-electron chi connectivity index (χ1n) is 8.58. The molecule has 1 fully saturated rings. The van der Waals surface area contributed by atoms with Crippen molar-refractivity contribution in [2.24, 2.45) is 0 Å². The molecule has 2 aromatic carbocycles. The summed E-state index contributed by atoms with van der Waals surface area (Å²) in [5, 5.41) is 0. The van der Waals surface area contributed by atoms with Crippen LogP contribution >= 0.6 is 15.9 Å². The highest BCUT2D eigenvalue weighted by Crippen LogP contribution is 2.24. The van der Waals surface area contributed by atoms with Gasteiger partial charge in [0.1, 0.15) is 11.5 Å². The Hall–Kier alpha value is -1.56. The van der Waals surface area contributed by atoms with Gasteiger partial charge in [-0.25, -0.2) is 0 Å². The summed E-state index contributed by atoms with van der Waals surface area (Å²) in [4.78, 5) is 5.01. The van der Waals surface area contributed by atoms with E-state index in [1.54, 1.807) is 14.2 Å². The van der Waals surface area contributed by atoms with Gasteiger partial charge in [0.15, 0.2) is 0 Å². The van der Waals surface area contributed by atoms with Crippen LogP contribution < -0.4 is 9.47 Å². The Morgan fingerprint density at radius 1 is 0.840 bits per heavy atom. The molecule has 0 bridgehead atoms. The lowest BCUT2D eigenvalue weighted by Crippen LogP contribution is -2.45. The van der Waals surface area contributed by atoms with Crippen LogP contribution in [0.3, 0.4) is 0 Å². The second kappa shape index (κ2) is 8.70. The van der Waals surface area contributed by atoms with Crippen LogP contribution in [0.4, 0.5) is 0 Å². The van der Waals surface area contributed by atoms with Crippen LogP contribution in [0.25, 0.3) is 0 Å². The van der Waals surface area contributed by atoms with Crippen LogP contribution in [0.5, 0.6) is 11.5 Å². The van der Waals surface area contributed by atoms with Crippen LogP contribution in [0.1, 0.15) is 11.1 Å². The van der Waals surface area contributed by atoms with E-state index in [0.29, 0.717) is 0 Å². The van der Waals surface area contributed by atoms with Gasteiger partial charge >= 0.3 is 0 Å². The highest BCUT2D eigenvalue weighted by Gasteiger charge is 2.18. The van der Waals surface area contributed by atoms with E-state index in [0.717, 1.165) is 50.8 Å². The molecule has 0 saturated carbocycles. The molecule has 1 aliphatic rings. The topological polar surface area (TPSA) is 24.9 Å². The van der Waals surface area contributed by atoms with E-state index in [1.807, 2.05) is 6.07 Å². The van der Waals surface area contributed by atoms with Gasteiger partial charge in [0.2, 0.25) is 0 Å². The minimum Gasteiger partial charge on any atom is -0.497 e. The molecule has 0 atom stereocenters. The zero-order valence-electron chi connectivity index (χ0n) is 14.9. The molecule has 0 N–H and O–H groups in total. The average Bonchev–Trinajstić information content (AvgIpc) is 2.65. The fourth-order valence-corrected chi connectivity index (χ4v) is 3.60. The zero-order valence-corrected chi connectivity index (χ0v) is 16.5. The third-order valence-corrected chi connectivity index (χ3v) is 5.41. The zero-order chi connectivity index (χ0) is 17.6. The molecule has 1 heterocycles. The third kappa shape index (κ3) is 4.97. The van der Waals surface area contributed by atoms with Crippen molar-refractivity contribution in [3.63, 3.8) is 0 Å². The van der Waals surface area contributed by atoms with E-state index in [2.05, 4.69) is 62.1 Å². The normalized spacial score (nSPS) is 16.0. The average molecular weight is 405 g/mol. The van der Waals surface area contributed by atoms with Gasteiger partial charge in [0, 0.05) is 49.8 Å². The summed E-state index contributed by atoms with van der Waals surface area (Å²) in [5.74, 6) is 1.70. The maximum absolute atomic E-state index is 5.37. The first kappa shape index (κ1) is 18.2. The molecule has 5 heteroatoms. The number of benzene rings is 2. The molecular weight excluding hydrogens is 380 g/mol. The van der Waals surface area contributed by atoms with Gasteiger partial charge in [0.05, 0.1) is 14.2 Å². The monoisotopic (exact) mass is 404 g/mol. The lowest BCUT2D eigenvalue weighted by molar-refractivity contribution is 0.121. The standard InChI is InChI=1S/C20H25BrN2O2/c1-24-18-11-16(12-19(13-18)25-2)14-22-7-9-23(10-8-22)15-17-5-3-4-6-20(17)21/h3-6,11-13H,7-10,14-15H2,1-2H3. The SMILES string of the molecule is COc1cc(CN2CCN(Cc3ccccc3Br)CC2)cc(OC)c1. The fraction of sp³-hybridized carbons (Fsp3) is 0.400. The van der Waals surface area contributed by atoms with E-state index < -0.39 is 0 Å². The minimum absolute atomic E-state index is 0.849. The van der Waals surface area contributed by atoms with E-state index in [1.165, 1.54) is 15.6 Å². The maximum Gasteiger partial charge on any atom is 0.122 e. The Bertz CT molecular complexity index is 678. The summed E-state index contributed by atoms with van der Waals surface area (Å²) >= 11 is 3.65. The fourth-order valence-electron chi connectivity index (χ4n) is 3.19. The van der Waals surface area contributed by atoms with Gasteiger partial charge in [-0.2, -0.15) is 0 Å². The number of hydrogen-bond acceptors (Lipinski definition) is 4. The molecule has 25 heavy (non-hydrogen) atoms. The number of nitrogens with zero attached hydrogens (tertiary/aromatic N) is 2. The predicted octanol–water partition coefficient (Wildman–Crippen LogP) is 3.78. The number of ether oxygens (including phenoxy) is 2. The van der Waals surface area contributed by atoms with Crippen molar-refractivity contribution in [2.45, 2.75) is 13.1 Å². The van der Waals surface area contributed by atoms with Crippen LogP contribution in [-0.2, 0) is 13.1 Å². The Labute approximate surface area is 158 Å². The van der Waals surface area contributed by atoms with Gasteiger partial charge in [-0.3, -0.25) is 9.80 Å². The second-order valence-corrected chi connectivity index (χ2v) is 7.22. The molecule has 0 spiro atoms. The van der Waals surface area contributed by atoms with Gasteiger partial charge in [-0.05, 0) is 29.3 Å². The highest BCUT2D eigenvalue weighted by molar-refractivity contribution is 9.10. The van der Waals surface area contributed by atoms with E-state index in [9.17, 15) is 0 Å². The van der Waals surface area contributed by atoms with E-state index in [-0.39, 0.29) is 0 Å². The number of rotatable bonds is 6. The molecule has 1 aliphatic heterocycles. The van der Waals surface area contributed by atoms with Crippen LogP contribution in [0, 0.1) is 0 Å². The van der Waals surface area contributed by atoms with Crippen LogP contribution in [0.2, 0.25) is 0 Å². The highest BCUT2D eigenvalue weighted by atomic mass is 79.9. The summed E-state index contributed by atoms with van der Waals surface area (Å²) in [5.41, 5.74) is 2.59. The molecule has 0 unspecified atom stereocenters. The molecule has 3 rings (SSSR count). The number of methoxy groups -OCH3 is 2. The quantitative estimate of drug-likeness (QED) is 0.730. The second-order valence-electron chi connectivity index (χ2n) is 6.36. The summed E-state index contributed by atoms with van der Waals surface area (Å²) < 4.78 is 11.9. The van der Waals surface area contributed by atoms with Crippen molar-refractivity contribution in [1.29, 1.82) is 0 Å². The molecule has 0 aliphatic carbocycles. The largest absolute Gasteiger partial charge is 0.497 e. The molecular formula is C20H25BrN2O2. The van der Waals surface area contributed by atoms with E-state index in [4.69, 9.17) is 9.47 Å². The van der Waals surface area contributed by atoms with Crippen molar-refractivity contribution in [1.82, 2.24) is 9.80 Å². The third-order valence-electron chi connectivity index (χ3n) is 4.63. The van der Waals surface area contributed by atoms with Crippen molar-refractivity contribution >= 4 is 15.9 Å². The summed E-state index contributed by atoms with van der Waals surface area (Å²) in [6.07, 6.45) is 0. The van der Waals surface area contributed by atoms with Crippen molar-refractivity contribution in [3.05, 3.63) is 58.1 Å². The summed E-state index contributed by atoms with van der Waals surface area (Å²) in [7, 11) is 3.39. The van der Waals surface area contributed by atoms with Gasteiger partial charge in [-0.1, -0.05) is 34.1 Å². The molecule has 0 radical (unpaired) electrons. The molecule has 2 aromatic rings. The Kier molecular flexibility index (Phi) is 6.34. The first-order chi connectivity index (χ1) is 12.2. The predicted molar refractivity (Wildman–Crippen MR) is 104 cm³/mol. The maximum atomic E-state index is 5.37. The number of piperazine rings is 1. The Balaban J connectivity index is 1.55. The van der Waals surface area contributed by atoms with Gasteiger partial charge in [-0.15, -0.1) is 0 Å². The molecule has 4 nitrogen and oxygen atoms in total. The number of hydrogen-bond donors (Lipinski definition) is 0. The van der Waals surface area contributed by atoms with Crippen LogP contribution in [-0.4, -0.2) is 50.2 Å². The smallest absolute Gasteiger partial charge is 0.122 e. The lowest BCUT2D eigenvalue weighted by atomic mass is 10.1. The molecule has 1 saturated heterocycles. The Morgan fingerprint density at radius 3 is 1.96 bits per heavy atom. The van der Waals surface area contributed by atoms with Crippen molar-refractivity contribution in [3.8, 4) is 11.5 Å². The number of halogens is 1. The van der Waals surface area contributed by atoms with Crippen molar-refractivity contribution < 1.29 is 9.47 Å². The lowest BCUT2D eigenvalue weighted by Gasteiger charge is -2.35. The van der Waals surface area contributed by atoms with E-state index >= 15 is 0 Å². The van der Waals surface area contributed by atoms with Crippen LogP contribution in [0.15, 0.2) is 46.9 Å². The summed E-state index contributed by atoms with van der Waals surface area (Å²) in [6, 6.07) is 14.6. The molecule has 0 amide bonds. The molecule has 0 aromatic heterocycles. The molecule has 134 valence electrons. The Morgan fingerprint density at radius 2 is 1.40 bits per heavy atom. The van der Waals surface area contributed by atoms with Gasteiger partial charge < -0.3 is 9.47 Å². The first-order valence-corrected chi connectivity index (χ1v) is 9.37. The summed E-state index contributed by atoms with van der Waals surface area (Å²) in [6.45, 7) is 6.25. The van der Waals surface area contributed by atoms with Crippen molar-refractivity contribution in [2.75, 3.05) is 40.4 Å². The minimum atomic E-state index is 0.849.